The average molecular weight is 491 g/mol. The van der Waals surface area contributed by atoms with Crippen molar-refractivity contribution in [1.29, 1.82) is 0 Å². The number of hydrogen-bond donors (Lipinski definition) is 2. The Bertz CT molecular complexity index is 1180. The van der Waals surface area contributed by atoms with E-state index in [-0.39, 0.29) is 6.61 Å². The van der Waals surface area contributed by atoms with Crippen molar-refractivity contribution in [3.63, 3.8) is 0 Å². The Morgan fingerprint density at radius 2 is 1.67 bits per heavy atom. The van der Waals surface area contributed by atoms with Crippen LogP contribution in [0.15, 0.2) is 71.8 Å². The molecule has 0 spiro atoms. The summed E-state index contributed by atoms with van der Waals surface area (Å²) >= 11 is 0. The zero-order valence-electron chi connectivity index (χ0n) is 21.4. The second kappa shape index (κ2) is 12.2. The van der Waals surface area contributed by atoms with Crippen molar-refractivity contribution in [2.24, 2.45) is 5.10 Å². The van der Waals surface area contributed by atoms with Crippen LogP contribution in [-0.2, 0) is 20.9 Å². The summed E-state index contributed by atoms with van der Waals surface area (Å²) in [5.41, 5.74) is 6.73. The quantitative estimate of drug-likeness (QED) is 0.337. The van der Waals surface area contributed by atoms with Gasteiger partial charge in [0, 0.05) is 22.6 Å². The van der Waals surface area contributed by atoms with E-state index in [0.717, 1.165) is 28.2 Å². The molecule has 1 aromatic heterocycles. The second-order valence-electron chi connectivity index (χ2n) is 9.43. The Balaban J connectivity index is 1.66. The van der Waals surface area contributed by atoms with Crippen molar-refractivity contribution in [1.82, 2.24) is 15.3 Å². The highest BCUT2D eigenvalue weighted by Gasteiger charge is 2.24. The highest BCUT2D eigenvalue weighted by atomic mass is 16.6. The van der Waals surface area contributed by atoms with Gasteiger partial charge in [-0.2, -0.15) is 5.10 Å². The van der Waals surface area contributed by atoms with Crippen molar-refractivity contribution in [2.75, 3.05) is 6.61 Å². The molecular formula is C28H34N4O4. The molecule has 0 saturated heterocycles. The van der Waals surface area contributed by atoms with Crippen molar-refractivity contribution in [3.8, 4) is 5.69 Å². The van der Waals surface area contributed by atoms with Crippen LogP contribution in [0.4, 0.5) is 4.79 Å². The molecule has 0 radical (unpaired) electrons. The van der Waals surface area contributed by atoms with Crippen LogP contribution in [0.25, 0.3) is 5.69 Å². The predicted octanol–water partition coefficient (Wildman–Crippen LogP) is 4.65. The van der Waals surface area contributed by atoms with Gasteiger partial charge in [-0.25, -0.2) is 10.2 Å². The lowest BCUT2D eigenvalue weighted by molar-refractivity contribution is -0.124. The van der Waals surface area contributed by atoms with Gasteiger partial charge in [0.05, 0.1) is 19.4 Å². The van der Waals surface area contributed by atoms with E-state index < -0.39 is 23.6 Å². The zero-order chi connectivity index (χ0) is 26.1. The van der Waals surface area contributed by atoms with Gasteiger partial charge in [0.2, 0.25) is 0 Å². The zero-order valence-corrected chi connectivity index (χ0v) is 21.4. The van der Waals surface area contributed by atoms with Crippen LogP contribution in [0.5, 0.6) is 0 Å². The molecule has 0 bridgehead atoms. The van der Waals surface area contributed by atoms with E-state index in [1.807, 2.05) is 80.6 Å². The van der Waals surface area contributed by atoms with Crippen LogP contribution >= 0.6 is 0 Å². The molecule has 8 heteroatoms. The fourth-order valence-electron chi connectivity index (χ4n) is 3.64. The van der Waals surface area contributed by atoms with Gasteiger partial charge in [0.25, 0.3) is 5.91 Å². The number of para-hydroxylation sites is 1. The van der Waals surface area contributed by atoms with Gasteiger partial charge >= 0.3 is 6.09 Å². The van der Waals surface area contributed by atoms with Gasteiger partial charge in [0.15, 0.2) is 0 Å². The minimum Gasteiger partial charge on any atom is -0.444 e. The number of hydrazone groups is 1. The lowest BCUT2D eigenvalue weighted by atomic mass is 10.2. The Kier molecular flexibility index (Phi) is 9.02. The first-order valence-corrected chi connectivity index (χ1v) is 11.8. The van der Waals surface area contributed by atoms with Crippen LogP contribution in [-0.4, -0.2) is 41.0 Å². The normalized spacial score (nSPS) is 12.4. The monoisotopic (exact) mass is 490 g/mol. The number of nitrogens with one attached hydrogen (secondary N) is 2. The molecule has 0 aliphatic rings. The van der Waals surface area contributed by atoms with Crippen LogP contribution in [0.2, 0.25) is 0 Å². The lowest BCUT2D eigenvalue weighted by Crippen LogP contribution is -2.49. The first kappa shape index (κ1) is 26.7. The van der Waals surface area contributed by atoms with Gasteiger partial charge in [-0.15, -0.1) is 0 Å². The van der Waals surface area contributed by atoms with Gasteiger partial charge in [-0.1, -0.05) is 48.5 Å². The van der Waals surface area contributed by atoms with E-state index in [4.69, 9.17) is 9.47 Å². The maximum absolute atomic E-state index is 12.9. The van der Waals surface area contributed by atoms with Crippen LogP contribution in [0.3, 0.4) is 0 Å². The SMILES string of the molecule is Cc1cc(/C=N\NC(=O)[C@H](COCc2ccccc2)NC(=O)OC(C)(C)C)c(C)n1-c1ccccc1. The summed E-state index contributed by atoms with van der Waals surface area (Å²) < 4.78 is 13.1. The van der Waals surface area contributed by atoms with Gasteiger partial charge in [-0.05, 0) is 58.4 Å². The van der Waals surface area contributed by atoms with Crippen LogP contribution in [0.1, 0.15) is 43.3 Å². The number of aryl methyl sites for hydroxylation is 1. The molecule has 0 aliphatic carbocycles. The maximum atomic E-state index is 12.9. The number of alkyl carbamates (subject to hydrolysis) is 1. The van der Waals surface area contributed by atoms with Crippen molar-refractivity contribution < 1.29 is 19.1 Å². The first-order chi connectivity index (χ1) is 17.1. The Hall–Kier alpha value is -3.91. The number of rotatable bonds is 9. The first-order valence-electron chi connectivity index (χ1n) is 11.8. The third kappa shape index (κ3) is 7.81. The molecule has 2 N–H and O–H groups in total. The third-order valence-corrected chi connectivity index (χ3v) is 5.27. The lowest BCUT2D eigenvalue weighted by Gasteiger charge is -2.22. The molecule has 3 aromatic rings. The molecule has 2 aromatic carbocycles. The molecule has 0 aliphatic heterocycles. The molecule has 1 atom stereocenters. The highest BCUT2D eigenvalue weighted by Crippen LogP contribution is 2.19. The van der Waals surface area contributed by atoms with Crippen LogP contribution < -0.4 is 10.7 Å². The van der Waals surface area contributed by atoms with Gasteiger partial charge in [-0.3, -0.25) is 4.79 Å². The number of carbonyl (C=O) groups is 2. The summed E-state index contributed by atoms with van der Waals surface area (Å²) in [6, 6.07) is 20.6. The van der Waals surface area contributed by atoms with E-state index in [0.29, 0.717) is 6.61 Å². The fraction of sp³-hybridized carbons (Fsp3) is 0.321. The average Bonchev–Trinajstić information content (AvgIpc) is 3.11. The second-order valence-corrected chi connectivity index (χ2v) is 9.43. The summed E-state index contributed by atoms with van der Waals surface area (Å²) in [5, 5.41) is 6.71. The van der Waals surface area contributed by atoms with Crippen molar-refractivity contribution in [3.05, 3.63) is 89.2 Å². The highest BCUT2D eigenvalue weighted by molar-refractivity contribution is 5.88. The molecule has 8 nitrogen and oxygen atoms in total. The minimum absolute atomic E-state index is 0.0436. The standard InChI is InChI=1S/C28H34N4O4/c1-20-16-23(21(2)32(20)24-14-10-7-11-15-24)17-29-31-26(33)25(30-27(34)36-28(3,4)5)19-35-18-22-12-8-6-9-13-22/h6-17,25H,18-19H2,1-5H3,(H,30,34)(H,31,33)/b29-17-/t25-/m0/s1. The molecule has 2 amide bonds. The summed E-state index contributed by atoms with van der Waals surface area (Å²) in [7, 11) is 0. The van der Waals surface area contributed by atoms with E-state index in [9.17, 15) is 9.59 Å². The summed E-state index contributed by atoms with van der Waals surface area (Å²) in [6.07, 6.45) is 0.885. The number of nitrogens with zero attached hydrogens (tertiary/aromatic N) is 2. The maximum Gasteiger partial charge on any atom is 0.408 e. The van der Waals surface area contributed by atoms with E-state index in [1.54, 1.807) is 27.0 Å². The minimum atomic E-state index is -0.988. The van der Waals surface area contributed by atoms with Gasteiger partial charge in [0.1, 0.15) is 11.6 Å². The van der Waals surface area contributed by atoms with Crippen molar-refractivity contribution >= 4 is 18.2 Å². The third-order valence-electron chi connectivity index (χ3n) is 5.27. The molecule has 3 rings (SSSR count). The number of carbonyl (C=O) groups excluding carboxylic acids is 2. The largest absolute Gasteiger partial charge is 0.444 e. The number of aromatic nitrogens is 1. The summed E-state index contributed by atoms with van der Waals surface area (Å²) in [6.45, 7) is 9.53. The number of hydrogen-bond acceptors (Lipinski definition) is 5. The van der Waals surface area contributed by atoms with E-state index >= 15 is 0 Å². The van der Waals surface area contributed by atoms with Gasteiger partial charge < -0.3 is 19.4 Å². The molecule has 0 saturated carbocycles. The number of benzene rings is 2. The molecule has 36 heavy (non-hydrogen) atoms. The van der Waals surface area contributed by atoms with E-state index in [1.165, 1.54) is 0 Å². The topological polar surface area (TPSA) is 93.9 Å². The Labute approximate surface area is 212 Å². The molecule has 0 fully saturated rings. The molecule has 190 valence electrons. The Morgan fingerprint density at radius 3 is 2.31 bits per heavy atom. The predicted molar refractivity (Wildman–Crippen MR) is 140 cm³/mol. The van der Waals surface area contributed by atoms with Crippen molar-refractivity contribution in [2.45, 2.75) is 52.9 Å². The number of amides is 2. The van der Waals surface area contributed by atoms with E-state index in [2.05, 4.69) is 20.4 Å². The molecule has 1 heterocycles. The molecular weight excluding hydrogens is 456 g/mol. The number of ether oxygens (including phenoxy) is 2. The summed E-state index contributed by atoms with van der Waals surface area (Å²) in [4.78, 5) is 25.2. The Morgan fingerprint density at radius 1 is 1.03 bits per heavy atom. The summed E-state index contributed by atoms with van der Waals surface area (Å²) in [5.74, 6) is -0.512. The molecule has 0 unspecified atom stereocenters. The van der Waals surface area contributed by atoms with Crippen LogP contribution in [0, 0.1) is 13.8 Å². The smallest absolute Gasteiger partial charge is 0.408 e. The fourth-order valence-corrected chi connectivity index (χ4v) is 3.64.